The minimum atomic E-state index is -3.46. The number of rotatable bonds is 4. The van der Waals surface area contributed by atoms with Crippen molar-refractivity contribution in [2.75, 3.05) is 13.1 Å². The van der Waals surface area contributed by atoms with Gasteiger partial charge in [-0.15, -0.1) is 12.4 Å². The van der Waals surface area contributed by atoms with Gasteiger partial charge < -0.3 is 5.32 Å². The van der Waals surface area contributed by atoms with Crippen LogP contribution in [-0.2, 0) is 10.0 Å². The molecule has 4 nitrogen and oxygen atoms in total. The lowest BCUT2D eigenvalue weighted by Gasteiger charge is -2.29. The molecule has 22 heavy (non-hydrogen) atoms. The predicted molar refractivity (Wildman–Crippen MR) is 93.3 cm³/mol. The fourth-order valence-corrected chi connectivity index (χ4v) is 5.06. The van der Waals surface area contributed by atoms with Crippen LogP contribution in [0.15, 0.2) is 17.0 Å². The summed E-state index contributed by atoms with van der Waals surface area (Å²) in [6.07, 6.45) is 2.18. The Bertz CT molecular complexity index is 588. The van der Waals surface area contributed by atoms with E-state index in [-0.39, 0.29) is 18.4 Å². The third kappa shape index (κ3) is 4.44. The molecule has 0 aromatic heterocycles. The molecular weight excluding hydrogens is 320 g/mol. The number of aryl methyl sites for hydroxylation is 3. The number of sulfonamides is 1. The summed E-state index contributed by atoms with van der Waals surface area (Å²) in [5.41, 5.74) is 2.72. The fourth-order valence-electron chi connectivity index (χ4n) is 3.30. The van der Waals surface area contributed by atoms with E-state index in [0.29, 0.717) is 10.8 Å². The fraction of sp³-hybridized carbons (Fsp3) is 0.625. The van der Waals surface area contributed by atoms with E-state index < -0.39 is 10.0 Å². The molecule has 0 amide bonds. The van der Waals surface area contributed by atoms with Gasteiger partial charge >= 0.3 is 0 Å². The van der Waals surface area contributed by atoms with Crippen LogP contribution in [0.2, 0.25) is 0 Å². The number of benzene rings is 1. The van der Waals surface area contributed by atoms with Gasteiger partial charge in [-0.2, -0.15) is 0 Å². The van der Waals surface area contributed by atoms with E-state index in [1.165, 1.54) is 0 Å². The van der Waals surface area contributed by atoms with Crippen LogP contribution < -0.4 is 10.0 Å². The highest BCUT2D eigenvalue weighted by molar-refractivity contribution is 7.89. The lowest BCUT2D eigenvalue weighted by Crippen LogP contribution is -2.44. The average Bonchev–Trinajstić information content (AvgIpc) is 2.37. The molecule has 1 fully saturated rings. The number of nitrogens with one attached hydrogen (secondary N) is 2. The standard InChI is InChI=1S/C16H26N2O2S.ClH/c1-11-8-12(2)16(13(3)9-11)21(19,20)18-14(4)15-6-5-7-17-10-15;/h8-9,14-15,17-18H,5-7,10H2,1-4H3;1H. The van der Waals surface area contributed by atoms with Crippen LogP contribution in [-0.4, -0.2) is 27.5 Å². The zero-order valence-electron chi connectivity index (χ0n) is 13.8. The number of hydrogen-bond acceptors (Lipinski definition) is 3. The summed E-state index contributed by atoms with van der Waals surface area (Å²) in [4.78, 5) is 0.434. The highest BCUT2D eigenvalue weighted by atomic mass is 35.5. The molecule has 1 aromatic rings. The van der Waals surface area contributed by atoms with Gasteiger partial charge in [-0.1, -0.05) is 17.7 Å². The summed E-state index contributed by atoms with van der Waals surface area (Å²) in [6, 6.07) is 3.80. The second-order valence-electron chi connectivity index (χ2n) is 6.24. The zero-order valence-corrected chi connectivity index (χ0v) is 15.4. The molecule has 2 rings (SSSR count). The van der Waals surface area contributed by atoms with E-state index in [9.17, 15) is 8.42 Å². The zero-order chi connectivity index (χ0) is 15.6. The van der Waals surface area contributed by atoms with Crippen molar-refractivity contribution < 1.29 is 8.42 Å². The Balaban J connectivity index is 0.00000242. The van der Waals surface area contributed by atoms with Crippen LogP contribution in [0.25, 0.3) is 0 Å². The highest BCUT2D eigenvalue weighted by Gasteiger charge is 2.27. The monoisotopic (exact) mass is 346 g/mol. The molecule has 2 atom stereocenters. The number of halogens is 1. The minimum Gasteiger partial charge on any atom is -0.316 e. The van der Waals surface area contributed by atoms with Crippen molar-refractivity contribution in [1.29, 1.82) is 0 Å². The van der Waals surface area contributed by atoms with Crippen LogP contribution in [0.3, 0.4) is 0 Å². The maximum atomic E-state index is 12.7. The first kappa shape index (κ1) is 19.4. The van der Waals surface area contributed by atoms with Crippen molar-refractivity contribution in [3.63, 3.8) is 0 Å². The molecule has 1 saturated heterocycles. The largest absolute Gasteiger partial charge is 0.316 e. The summed E-state index contributed by atoms with van der Waals surface area (Å²) in [6.45, 7) is 9.60. The topological polar surface area (TPSA) is 58.2 Å². The average molecular weight is 347 g/mol. The molecule has 0 radical (unpaired) electrons. The maximum Gasteiger partial charge on any atom is 0.241 e. The van der Waals surface area contributed by atoms with Gasteiger partial charge in [0.05, 0.1) is 4.90 Å². The normalized spacial score (nSPS) is 20.3. The Morgan fingerprint density at radius 2 is 1.82 bits per heavy atom. The van der Waals surface area contributed by atoms with Gasteiger partial charge in [-0.3, -0.25) is 0 Å². The quantitative estimate of drug-likeness (QED) is 0.881. The van der Waals surface area contributed by atoms with Crippen molar-refractivity contribution in [2.45, 2.75) is 51.5 Å². The van der Waals surface area contributed by atoms with Crippen LogP contribution in [0.5, 0.6) is 0 Å². The molecule has 126 valence electrons. The smallest absolute Gasteiger partial charge is 0.241 e. The van der Waals surface area contributed by atoms with Crippen molar-refractivity contribution in [3.8, 4) is 0 Å². The molecule has 0 aliphatic carbocycles. The summed E-state index contributed by atoms with van der Waals surface area (Å²) in [7, 11) is -3.46. The Labute approximate surface area is 140 Å². The first-order chi connectivity index (χ1) is 9.81. The van der Waals surface area contributed by atoms with Crippen molar-refractivity contribution >= 4 is 22.4 Å². The Morgan fingerprint density at radius 1 is 1.23 bits per heavy atom. The van der Waals surface area contributed by atoms with Gasteiger partial charge in [0.1, 0.15) is 0 Å². The molecule has 1 aromatic carbocycles. The molecule has 6 heteroatoms. The number of hydrogen-bond donors (Lipinski definition) is 2. The lowest BCUT2D eigenvalue weighted by atomic mass is 9.94. The van der Waals surface area contributed by atoms with Crippen molar-refractivity contribution in [3.05, 3.63) is 28.8 Å². The van der Waals surface area contributed by atoms with Crippen LogP contribution >= 0.6 is 12.4 Å². The number of piperidine rings is 1. The summed E-state index contributed by atoms with van der Waals surface area (Å²) in [5, 5.41) is 3.34. The molecule has 0 spiro atoms. The van der Waals surface area contributed by atoms with Gasteiger partial charge in [0.2, 0.25) is 10.0 Å². The first-order valence-corrected chi connectivity index (χ1v) is 9.10. The van der Waals surface area contributed by atoms with E-state index in [1.807, 2.05) is 39.8 Å². The maximum absolute atomic E-state index is 12.7. The molecular formula is C16H27ClN2O2S. The van der Waals surface area contributed by atoms with E-state index >= 15 is 0 Å². The predicted octanol–water partition coefficient (Wildman–Crippen LogP) is 2.70. The van der Waals surface area contributed by atoms with E-state index in [4.69, 9.17) is 0 Å². The van der Waals surface area contributed by atoms with Gasteiger partial charge in [-0.05, 0) is 70.7 Å². The Kier molecular flexibility index (Phi) is 6.86. The van der Waals surface area contributed by atoms with Gasteiger partial charge in [-0.25, -0.2) is 13.1 Å². The molecule has 1 aliphatic rings. The van der Waals surface area contributed by atoms with Crippen molar-refractivity contribution in [1.82, 2.24) is 10.0 Å². The minimum absolute atomic E-state index is 0. The van der Waals surface area contributed by atoms with Gasteiger partial charge in [0.25, 0.3) is 0 Å². The summed E-state index contributed by atoms with van der Waals surface area (Å²) in [5.74, 6) is 0.361. The van der Waals surface area contributed by atoms with Crippen LogP contribution in [0.4, 0.5) is 0 Å². The summed E-state index contributed by atoms with van der Waals surface area (Å²) >= 11 is 0. The molecule has 2 unspecified atom stereocenters. The molecule has 2 N–H and O–H groups in total. The van der Waals surface area contributed by atoms with Crippen molar-refractivity contribution in [2.24, 2.45) is 5.92 Å². The molecule has 1 heterocycles. The van der Waals surface area contributed by atoms with Gasteiger partial charge in [0.15, 0.2) is 0 Å². The second kappa shape index (κ2) is 7.77. The second-order valence-corrected chi connectivity index (χ2v) is 7.90. The first-order valence-electron chi connectivity index (χ1n) is 7.62. The third-order valence-corrected chi connectivity index (χ3v) is 6.12. The molecule has 0 bridgehead atoms. The lowest BCUT2D eigenvalue weighted by molar-refractivity contribution is 0.320. The van der Waals surface area contributed by atoms with Crippen LogP contribution in [0, 0.1) is 26.7 Å². The van der Waals surface area contributed by atoms with Gasteiger partial charge in [0, 0.05) is 6.04 Å². The van der Waals surface area contributed by atoms with E-state index in [2.05, 4.69) is 10.0 Å². The summed E-state index contributed by atoms with van der Waals surface area (Å²) < 4.78 is 28.3. The highest BCUT2D eigenvalue weighted by Crippen LogP contribution is 2.23. The Hall–Kier alpha value is -0.620. The van der Waals surface area contributed by atoms with E-state index in [0.717, 1.165) is 42.6 Å². The molecule has 1 aliphatic heterocycles. The Morgan fingerprint density at radius 3 is 2.32 bits per heavy atom. The molecule has 0 saturated carbocycles. The van der Waals surface area contributed by atoms with E-state index in [1.54, 1.807) is 0 Å². The third-order valence-electron chi connectivity index (χ3n) is 4.26. The SMILES string of the molecule is Cc1cc(C)c(S(=O)(=O)NC(C)C2CCCNC2)c(C)c1.Cl. The van der Waals surface area contributed by atoms with Crippen LogP contribution in [0.1, 0.15) is 36.5 Å².